The second-order valence-corrected chi connectivity index (χ2v) is 7.18. The van der Waals surface area contributed by atoms with Gasteiger partial charge in [0.1, 0.15) is 0 Å². The molecule has 0 unspecified atom stereocenters. The van der Waals surface area contributed by atoms with E-state index in [1.165, 1.54) is 16.3 Å². The summed E-state index contributed by atoms with van der Waals surface area (Å²) >= 11 is 1.74. The molecule has 0 saturated carbocycles. The van der Waals surface area contributed by atoms with Crippen LogP contribution >= 0.6 is 11.3 Å². The number of hydrogen-bond donors (Lipinski definition) is 1. The lowest BCUT2D eigenvalue weighted by Crippen LogP contribution is -2.20. The Balaban J connectivity index is 1.88. The highest BCUT2D eigenvalue weighted by molar-refractivity contribution is 7.09. The average molecular weight is 292 g/mol. The van der Waals surface area contributed by atoms with Gasteiger partial charge in [0.15, 0.2) is 0 Å². The van der Waals surface area contributed by atoms with Gasteiger partial charge in [-0.05, 0) is 6.92 Å². The molecule has 0 atom stereocenters. The zero-order chi connectivity index (χ0) is 14.8. The van der Waals surface area contributed by atoms with E-state index in [4.69, 9.17) is 0 Å². The molecule has 20 heavy (non-hydrogen) atoms. The smallest absolute Gasteiger partial charge is 0.0940 e. The van der Waals surface area contributed by atoms with E-state index in [-0.39, 0.29) is 5.41 Å². The number of nitrogens with one attached hydrogen (secondary N) is 1. The van der Waals surface area contributed by atoms with Crippen LogP contribution in [-0.2, 0) is 25.4 Å². The van der Waals surface area contributed by atoms with Crippen molar-refractivity contribution in [2.45, 2.75) is 46.1 Å². The number of aryl methyl sites for hydroxylation is 2. The van der Waals surface area contributed by atoms with Crippen molar-refractivity contribution in [3.63, 3.8) is 0 Å². The van der Waals surface area contributed by atoms with Gasteiger partial charge in [0.2, 0.25) is 0 Å². The Kier molecular flexibility index (Phi) is 4.60. The summed E-state index contributed by atoms with van der Waals surface area (Å²) in [4.78, 5) is 4.48. The summed E-state index contributed by atoms with van der Waals surface area (Å²) in [5, 5.41) is 11.4. The molecule has 0 fully saturated rings. The van der Waals surface area contributed by atoms with Gasteiger partial charge in [-0.15, -0.1) is 11.3 Å². The molecule has 0 spiro atoms. The molecule has 0 saturated heterocycles. The van der Waals surface area contributed by atoms with E-state index in [1.807, 2.05) is 18.7 Å². The highest BCUT2D eigenvalue weighted by Crippen LogP contribution is 2.23. The Bertz CT molecular complexity index is 563. The summed E-state index contributed by atoms with van der Waals surface area (Å²) in [5.41, 5.74) is 3.67. The second-order valence-electron chi connectivity index (χ2n) is 6.24. The van der Waals surface area contributed by atoms with E-state index in [2.05, 4.69) is 47.7 Å². The Morgan fingerprint density at radius 2 is 2.10 bits per heavy atom. The minimum atomic E-state index is 0.0880. The van der Waals surface area contributed by atoms with Crippen LogP contribution in [0.3, 0.4) is 0 Å². The molecule has 5 heteroatoms. The van der Waals surface area contributed by atoms with Gasteiger partial charge in [-0.25, -0.2) is 4.98 Å². The molecule has 0 radical (unpaired) electrons. The molecule has 0 aliphatic rings. The molecular weight excluding hydrogens is 268 g/mol. The molecule has 0 bridgehead atoms. The lowest BCUT2D eigenvalue weighted by molar-refractivity contribution is 0.543. The fourth-order valence-electron chi connectivity index (χ4n) is 2.23. The van der Waals surface area contributed by atoms with E-state index in [1.54, 1.807) is 11.3 Å². The van der Waals surface area contributed by atoms with Crippen LogP contribution in [0.1, 0.15) is 42.7 Å². The van der Waals surface area contributed by atoms with Gasteiger partial charge in [0, 0.05) is 54.8 Å². The lowest BCUT2D eigenvalue weighted by Gasteiger charge is -2.17. The number of hydrogen-bond acceptors (Lipinski definition) is 4. The van der Waals surface area contributed by atoms with Crippen molar-refractivity contribution in [2.24, 2.45) is 7.05 Å². The Morgan fingerprint density at radius 3 is 2.70 bits per heavy atom. The fraction of sp³-hybridized carbons (Fsp3) is 0.600. The zero-order valence-electron chi connectivity index (χ0n) is 13.0. The Morgan fingerprint density at radius 1 is 1.35 bits per heavy atom. The first-order chi connectivity index (χ1) is 9.36. The third kappa shape index (κ3) is 3.90. The van der Waals surface area contributed by atoms with Crippen LogP contribution in [0.2, 0.25) is 0 Å². The van der Waals surface area contributed by atoms with Crippen LogP contribution in [0.5, 0.6) is 0 Å². The molecule has 2 aromatic heterocycles. The number of thiazole rings is 1. The standard InChI is InChI=1S/C15H24N4S/c1-11-10-20-13(17-11)6-7-16-8-12-9-19(5)18-14(12)15(2,3)4/h9-10,16H,6-8H2,1-5H3. The third-order valence-corrected chi connectivity index (χ3v) is 4.14. The number of nitrogens with zero attached hydrogens (tertiary/aromatic N) is 3. The maximum atomic E-state index is 4.59. The van der Waals surface area contributed by atoms with E-state index in [0.717, 1.165) is 25.2 Å². The topological polar surface area (TPSA) is 42.7 Å². The highest BCUT2D eigenvalue weighted by Gasteiger charge is 2.21. The first-order valence-electron chi connectivity index (χ1n) is 7.01. The molecular formula is C15H24N4S. The van der Waals surface area contributed by atoms with Crippen LogP contribution in [0.15, 0.2) is 11.6 Å². The first-order valence-corrected chi connectivity index (χ1v) is 7.89. The van der Waals surface area contributed by atoms with E-state index in [0.29, 0.717) is 0 Å². The van der Waals surface area contributed by atoms with Crippen molar-refractivity contribution >= 4 is 11.3 Å². The van der Waals surface area contributed by atoms with Crippen molar-refractivity contribution in [2.75, 3.05) is 6.54 Å². The predicted octanol–water partition coefficient (Wildman–Crippen LogP) is 2.81. The van der Waals surface area contributed by atoms with Gasteiger partial charge in [-0.2, -0.15) is 5.10 Å². The van der Waals surface area contributed by atoms with Crippen molar-refractivity contribution in [1.82, 2.24) is 20.1 Å². The third-order valence-electron chi connectivity index (χ3n) is 3.11. The van der Waals surface area contributed by atoms with Crippen LogP contribution in [0, 0.1) is 6.92 Å². The minimum absolute atomic E-state index is 0.0880. The number of aromatic nitrogens is 3. The molecule has 4 nitrogen and oxygen atoms in total. The summed E-state index contributed by atoms with van der Waals surface area (Å²) in [5.74, 6) is 0. The molecule has 0 aromatic carbocycles. The van der Waals surface area contributed by atoms with E-state index >= 15 is 0 Å². The quantitative estimate of drug-likeness (QED) is 0.862. The summed E-state index contributed by atoms with van der Waals surface area (Å²) in [7, 11) is 1.98. The summed E-state index contributed by atoms with van der Waals surface area (Å²) in [6.45, 7) is 10.5. The van der Waals surface area contributed by atoms with Crippen LogP contribution in [0.4, 0.5) is 0 Å². The van der Waals surface area contributed by atoms with E-state index in [9.17, 15) is 0 Å². The Labute approximate surface area is 125 Å². The number of rotatable bonds is 5. The van der Waals surface area contributed by atoms with Gasteiger partial charge >= 0.3 is 0 Å². The van der Waals surface area contributed by atoms with Crippen molar-refractivity contribution < 1.29 is 0 Å². The summed E-state index contributed by atoms with van der Waals surface area (Å²) < 4.78 is 1.90. The van der Waals surface area contributed by atoms with Crippen LogP contribution < -0.4 is 5.32 Å². The zero-order valence-corrected chi connectivity index (χ0v) is 13.8. The molecule has 2 aromatic rings. The SMILES string of the molecule is Cc1csc(CCNCc2cn(C)nc2C(C)(C)C)n1. The first kappa shape index (κ1) is 15.2. The molecule has 1 N–H and O–H groups in total. The van der Waals surface area contributed by atoms with Gasteiger partial charge in [0.05, 0.1) is 10.7 Å². The second kappa shape index (κ2) is 6.06. The summed E-state index contributed by atoms with van der Waals surface area (Å²) in [6, 6.07) is 0. The molecule has 110 valence electrons. The molecule has 0 amide bonds. The van der Waals surface area contributed by atoms with Crippen molar-refractivity contribution in [1.29, 1.82) is 0 Å². The largest absolute Gasteiger partial charge is 0.312 e. The molecule has 2 heterocycles. The van der Waals surface area contributed by atoms with Crippen LogP contribution in [-0.4, -0.2) is 21.3 Å². The maximum absolute atomic E-state index is 4.59. The summed E-state index contributed by atoms with van der Waals surface area (Å²) in [6.07, 6.45) is 3.10. The van der Waals surface area contributed by atoms with Gasteiger partial charge in [-0.1, -0.05) is 20.8 Å². The molecule has 0 aliphatic carbocycles. The van der Waals surface area contributed by atoms with E-state index < -0.39 is 0 Å². The predicted molar refractivity (Wildman–Crippen MR) is 84.2 cm³/mol. The maximum Gasteiger partial charge on any atom is 0.0940 e. The van der Waals surface area contributed by atoms with Gasteiger partial charge in [0.25, 0.3) is 0 Å². The average Bonchev–Trinajstić information content (AvgIpc) is 2.90. The fourth-order valence-corrected chi connectivity index (χ4v) is 3.01. The van der Waals surface area contributed by atoms with Gasteiger partial charge in [-0.3, -0.25) is 4.68 Å². The van der Waals surface area contributed by atoms with Crippen LogP contribution in [0.25, 0.3) is 0 Å². The highest BCUT2D eigenvalue weighted by atomic mass is 32.1. The lowest BCUT2D eigenvalue weighted by atomic mass is 9.89. The van der Waals surface area contributed by atoms with Crippen molar-refractivity contribution in [3.05, 3.63) is 33.5 Å². The Hall–Kier alpha value is -1.20. The molecule has 2 rings (SSSR count). The normalized spacial score (nSPS) is 12.1. The minimum Gasteiger partial charge on any atom is -0.312 e. The molecule has 0 aliphatic heterocycles. The van der Waals surface area contributed by atoms with Crippen molar-refractivity contribution in [3.8, 4) is 0 Å². The monoisotopic (exact) mass is 292 g/mol. The van der Waals surface area contributed by atoms with Gasteiger partial charge < -0.3 is 5.32 Å².